The normalized spacial score (nSPS) is 11.8. The number of amides is 2. The lowest BCUT2D eigenvalue weighted by atomic mass is 9.86. The van der Waals surface area contributed by atoms with Crippen LogP contribution in [0.4, 0.5) is 9.59 Å². The molecule has 0 aromatic heterocycles. The predicted octanol–water partition coefficient (Wildman–Crippen LogP) is 4.16. The largest absolute Gasteiger partial charge is 0.490 e. The maximum atomic E-state index is 13.2. The molecule has 2 aromatic carbocycles. The van der Waals surface area contributed by atoms with Crippen LogP contribution in [0.25, 0.3) is 0 Å². The van der Waals surface area contributed by atoms with Gasteiger partial charge < -0.3 is 48.5 Å². The van der Waals surface area contributed by atoms with Crippen LogP contribution in [0.1, 0.15) is 27.2 Å². The minimum Gasteiger partial charge on any atom is -0.490 e. The maximum absolute atomic E-state index is 13.2. The van der Waals surface area contributed by atoms with Gasteiger partial charge in [0.05, 0.1) is 18.6 Å². The molecule has 0 aliphatic rings. The Morgan fingerprint density at radius 1 is 0.673 bits per heavy atom. The van der Waals surface area contributed by atoms with Crippen molar-refractivity contribution in [2.45, 2.75) is 39.4 Å². The molecule has 0 bridgehead atoms. The van der Waals surface area contributed by atoms with Gasteiger partial charge in [0.2, 0.25) is 0 Å². The van der Waals surface area contributed by atoms with E-state index >= 15 is 0 Å². The number of carbonyl (C=O) groups is 5. The van der Waals surface area contributed by atoms with Gasteiger partial charge in [-0.25, -0.2) is 19.2 Å². The van der Waals surface area contributed by atoms with E-state index in [2.05, 4.69) is 23.8 Å². The molecule has 2 unspecified atom stereocenters. The highest BCUT2D eigenvalue weighted by Gasteiger charge is 2.33. The first kappa shape index (κ1) is 42.6. The summed E-state index contributed by atoms with van der Waals surface area (Å²) in [5.41, 5.74) is -1.08. The fraction of sp³-hybridized carbons (Fsp3) is 0.432. The number of hydrogen-bond donors (Lipinski definition) is 2. The molecule has 15 nitrogen and oxygen atoms in total. The van der Waals surface area contributed by atoms with Crippen molar-refractivity contribution in [3.8, 4) is 11.5 Å². The molecule has 0 heterocycles. The second kappa shape index (κ2) is 23.0. The minimum atomic E-state index is -1.26. The Morgan fingerprint density at radius 3 is 1.63 bits per heavy atom. The van der Waals surface area contributed by atoms with Gasteiger partial charge in [0, 0.05) is 24.8 Å². The summed E-state index contributed by atoms with van der Waals surface area (Å²) in [6.07, 6.45) is -3.77. The molecular weight excluding hydrogens is 680 g/mol. The highest BCUT2D eigenvalue weighted by molar-refractivity contribution is 5.89. The van der Waals surface area contributed by atoms with E-state index in [4.69, 9.17) is 37.9 Å². The van der Waals surface area contributed by atoms with Gasteiger partial charge in [0.15, 0.2) is 12.2 Å². The van der Waals surface area contributed by atoms with Crippen molar-refractivity contribution < 1.29 is 61.9 Å². The summed E-state index contributed by atoms with van der Waals surface area (Å²) < 4.78 is 42.9. The number of alkyl carbamates (subject to hydrolysis) is 2. The summed E-state index contributed by atoms with van der Waals surface area (Å²) in [7, 11) is 1.49. The molecule has 0 radical (unpaired) electrons. The van der Waals surface area contributed by atoms with E-state index in [-0.39, 0.29) is 70.3 Å². The maximum Gasteiger partial charge on any atom is 0.407 e. The van der Waals surface area contributed by atoms with E-state index in [1.165, 1.54) is 14.0 Å². The molecule has 2 aromatic rings. The number of hydrogen-bond acceptors (Lipinski definition) is 13. The smallest absolute Gasteiger partial charge is 0.407 e. The number of methoxy groups -OCH3 is 1. The van der Waals surface area contributed by atoms with Gasteiger partial charge in [0.25, 0.3) is 0 Å². The highest BCUT2D eigenvalue weighted by atomic mass is 16.6. The first-order valence-corrected chi connectivity index (χ1v) is 16.4. The van der Waals surface area contributed by atoms with Crippen molar-refractivity contribution in [2.75, 3.05) is 59.8 Å². The quantitative estimate of drug-likeness (QED) is 0.0721. The van der Waals surface area contributed by atoms with Crippen molar-refractivity contribution in [1.29, 1.82) is 0 Å². The zero-order chi connectivity index (χ0) is 38.4. The average Bonchev–Trinajstić information content (AvgIpc) is 3.12. The van der Waals surface area contributed by atoms with Crippen molar-refractivity contribution in [1.82, 2.24) is 10.6 Å². The Hall–Kier alpha value is -5.57. The van der Waals surface area contributed by atoms with Crippen molar-refractivity contribution in [3.05, 3.63) is 85.0 Å². The van der Waals surface area contributed by atoms with Gasteiger partial charge in [-0.2, -0.15) is 0 Å². The van der Waals surface area contributed by atoms with Crippen LogP contribution in [0.5, 0.6) is 11.5 Å². The van der Waals surface area contributed by atoms with Crippen LogP contribution in [-0.4, -0.2) is 102 Å². The summed E-state index contributed by atoms with van der Waals surface area (Å²) >= 11 is 0. The summed E-state index contributed by atoms with van der Waals surface area (Å²) in [4.78, 5) is 62.3. The second-order valence-electron chi connectivity index (χ2n) is 11.9. The third kappa shape index (κ3) is 17.4. The van der Waals surface area contributed by atoms with Crippen LogP contribution < -0.4 is 20.1 Å². The lowest BCUT2D eigenvalue weighted by molar-refractivity contribution is -0.157. The Balaban J connectivity index is 1.94. The van der Waals surface area contributed by atoms with Gasteiger partial charge >= 0.3 is 30.1 Å². The molecule has 0 aliphatic carbocycles. The molecule has 284 valence electrons. The first-order valence-electron chi connectivity index (χ1n) is 16.4. The predicted molar refractivity (Wildman–Crippen MR) is 188 cm³/mol. The van der Waals surface area contributed by atoms with Crippen LogP contribution in [0.3, 0.4) is 0 Å². The number of esters is 3. The number of benzene rings is 2. The molecule has 2 atom stereocenters. The fourth-order valence-electron chi connectivity index (χ4n) is 4.02. The summed E-state index contributed by atoms with van der Waals surface area (Å²) in [5.74, 6) is -1.12. The van der Waals surface area contributed by atoms with Gasteiger partial charge in [-0.15, -0.1) is 0 Å². The monoisotopic (exact) mass is 728 g/mol. The summed E-state index contributed by atoms with van der Waals surface area (Å²) in [5, 5.41) is 4.97. The number of para-hydroxylation sites is 2. The van der Waals surface area contributed by atoms with Crippen LogP contribution in [0.2, 0.25) is 0 Å². The van der Waals surface area contributed by atoms with E-state index in [0.717, 1.165) is 0 Å². The number of nitrogens with one attached hydrogen (secondary N) is 2. The number of rotatable bonds is 23. The van der Waals surface area contributed by atoms with Gasteiger partial charge in [0.1, 0.15) is 44.5 Å². The SMILES string of the molecule is C=C(C)C(=O)OCCNC(=O)OC(COC(=O)C(C)(C)CC(=C)C(=O)OCC(COc1ccccc1)OC(=O)NCCOC)COc1ccccc1. The van der Waals surface area contributed by atoms with Crippen molar-refractivity contribution in [3.63, 3.8) is 0 Å². The van der Waals surface area contributed by atoms with Crippen LogP contribution in [0, 0.1) is 5.41 Å². The molecule has 15 heteroatoms. The topological polar surface area (TPSA) is 183 Å². The van der Waals surface area contributed by atoms with E-state index in [1.54, 1.807) is 68.4 Å². The lowest BCUT2D eigenvalue weighted by Crippen LogP contribution is -2.38. The summed E-state index contributed by atoms with van der Waals surface area (Å²) in [6, 6.07) is 17.5. The standard InChI is InChI=1S/C37H48N2O13/c1-26(2)32(40)46-20-18-39-36(44)52-31(23-48-29-15-11-8-12-16-29)25-50-34(42)37(4,5)21-27(3)33(41)49-24-30(51-35(43)38-17-19-45-6)22-47-28-13-9-7-10-14-28/h7-16,30-31H,1,3,17-25H2,2,4-6H3,(H,38,43)(H,39,44). The molecule has 0 saturated heterocycles. The van der Waals surface area contributed by atoms with E-state index < -0.39 is 47.7 Å². The van der Waals surface area contributed by atoms with Crippen molar-refractivity contribution >= 4 is 30.1 Å². The molecule has 52 heavy (non-hydrogen) atoms. The fourth-order valence-corrected chi connectivity index (χ4v) is 4.02. The number of ether oxygens (including phenoxy) is 8. The minimum absolute atomic E-state index is 0.0380. The zero-order valence-electron chi connectivity index (χ0n) is 30.0. The summed E-state index contributed by atoms with van der Waals surface area (Å²) in [6.45, 7) is 11.2. The molecule has 0 spiro atoms. The Bertz CT molecular complexity index is 1460. The Morgan fingerprint density at radius 2 is 1.15 bits per heavy atom. The number of carbonyl (C=O) groups excluding carboxylic acids is 5. The van der Waals surface area contributed by atoms with Gasteiger partial charge in [-0.05, 0) is 51.5 Å². The molecule has 0 aliphatic heterocycles. The van der Waals surface area contributed by atoms with E-state index in [9.17, 15) is 24.0 Å². The van der Waals surface area contributed by atoms with Crippen LogP contribution >= 0.6 is 0 Å². The lowest BCUT2D eigenvalue weighted by Gasteiger charge is -2.25. The molecule has 0 fully saturated rings. The molecule has 2 rings (SSSR count). The van der Waals surface area contributed by atoms with Crippen LogP contribution in [-0.2, 0) is 42.8 Å². The van der Waals surface area contributed by atoms with E-state index in [0.29, 0.717) is 11.5 Å². The highest BCUT2D eigenvalue weighted by Crippen LogP contribution is 2.27. The Kier molecular flexibility index (Phi) is 18.8. The third-order valence-corrected chi connectivity index (χ3v) is 6.73. The van der Waals surface area contributed by atoms with Gasteiger partial charge in [-0.1, -0.05) is 49.6 Å². The third-order valence-electron chi connectivity index (χ3n) is 6.73. The van der Waals surface area contributed by atoms with Gasteiger partial charge in [-0.3, -0.25) is 4.79 Å². The van der Waals surface area contributed by atoms with Crippen molar-refractivity contribution in [2.24, 2.45) is 5.41 Å². The molecular formula is C37H48N2O13. The molecule has 2 amide bonds. The second-order valence-corrected chi connectivity index (χ2v) is 11.9. The molecule has 2 N–H and O–H groups in total. The first-order chi connectivity index (χ1) is 24.8. The van der Waals surface area contributed by atoms with E-state index in [1.807, 2.05) is 6.07 Å². The average molecular weight is 729 g/mol. The zero-order valence-corrected chi connectivity index (χ0v) is 30.0. The Labute approximate surface area is 303 Å². The van der Waals surface area contributed by atoms with Crippen LogP contribution in [0.15, 0.2) is 85.0 Å². The molecule has 0 saturated carbocycles.